The van der Waals surface area contributed by atoms with E-state index in [0.29, 0.717) is 18.8 Å². The Morgan fingerprint density at radius 3 is 3.20 bits per heavy atom. The van der Waals surface area contributed by atoms with Crippen LogP contribution in [0.15, 0.2) is 24.5 Å². The van der Waals surface area contributed by atoms with E-state index in [0.717, 1.165) is 18.7 Å². The summed E-state index contributed by atoms with van der Waals surface area (Å²) >= 11 is 0. The summed E-state index contributed by atoms with van der Waals surface area (Å²) in [5.74, 6) is 0.820. The third kappa shape index (κ3) is 2.91. The van der Waals surface area contributed by atoms with Gasteiger partial charge in [0.1, 0.15) is 12.4 Å². The number of rotatable bonds is 4. The summed E-state index contributed by atoms with van der Waals surface area (Å²) in [6.45, 7) is 1.59. The third-order valence-electron chi connectivity index (χ3n) is 2.60. The van der Waals surface area contributed by atoms with Crippen molar-refractivity contribution in [3.8, 4) is 5.75 Å². The maximum atomic E-state index is 5.60. The normalized spacial score (nSPS) is 25.4. The predicted octanol–water partition coefficient (Wildman–Crippen LogP) is 0.837. The lowest BCUT2D eigenvalue weighted by Gasteiger charge is -2.11. The van der Waals surface area contributed by atoms with E-state index in [1.54, 1.807) is 19.5 Å². The lowest BCUT2D eigenvalue weighted by Crippen LogP contribution is -2.28. The van der Waals surface area contributed by atoms with E-state index < -0.39 is 0 Å². The molecular formula is C11H16N2O2. The molecule has 0 saturated carbocycles. The lowest BCUT2D eigenvalue weighted by atomic mass is 10.2. The van der Waals surface area contributed by atoms with Gasteiger partial charge in [0.25, 0.3) is 0 Å². The molecule has 82 valence electrons. The quantitative estimate of drug-likeness (QED) is 0.796. The number of ether oxygens (including phenoxy) is 2. The second kappa shape index (κ2) is 5.09. The lowest BCUT2D eigenvalue weighted by molar-refractivity contribution is 0.115. The van der Waals surface area contributed by atoms with E-state index in [1.165, 1.54) is 0 Å². The molecule has 2 atom stereocenters. The van der Waals surface area contributed by atoms with Gasteiger partial charge in [-0.25, -0.2) is 0 Å². The van der Waals surface area contributed by atoms with Crippen LogP contribution >= 0.6 is 0 Å². The first-order valence-electron chi connectivity index (χ1n) is 5.17. The molecule has 1 aliphatic rings. The number of hydrogen-bond donors (Lipinski definition) is 1. The molecule has 0 aliphatic carbocycles. The highest BCUT2D eigenvalue weighted by molar-refractivity contribution is 5.15. The van der Waals surface area contributed by atoms with Crippen LogP contribution in [0.5, 0.6) is 5.75 Å². The van der Waals surface area contributed by atoms with Crippen LogP contribution in [0.3, 0.4) is 0 Å². The summed E-state index contributed by atoms with van der Waals surface area (Å²) in [6, 6.07) is 4.17. The third-order valence-corrected chi connectivity index (χ3v) is 2.60. The number of nitrogens with one attached hydrogen (secondary N) is 1. The smallest absolute Gasteiger partial charge is 0.137 e. The number of methoxy groups -OCH3 is 1. The Morgan fingerprint density at radius 2 is 2.53 bits per heavy atom. The van der Waals surface area contributed by atoms with Crippen molar-refractivity contribution in [2.45, 2.75) is 18.6 Å². The Labute approximate surface area is 89.6 Å². The van der Waals surface area contributed by atoms with Gasteiger partial charge < -0.3 is 14.8 Å². The largest absolute Gasteiger partial charge is 0.490 e. The van der Waals surface area contributed by atoms with Crippen LogP contribution in [-0.2, 0) is 4.74 Å². The minimum absolute atomic E-state index is 0.326. The van der Waals surface area contributed by atoms with Gasteiger partial charge >= 0.3 is 0 Å². The molecule has 1 fully saturated rings. The molecule has 4 nitrogen and oxygen atoms in total. The molecule has 1 aromatic rings. The SMILES string of the molecule is CO[C@@H]1CNC(COc2cccnc2)C1. The molecule has 0 bridgehead atoms. The topological polar surface area (TPSA) is 43.4 Å². The van der Waals surface area contributed by atoms with Gasteiger partial charge in [0.2, 0.25) is 0 Å². The van der Waals surface area contributed by atoms with Crippen LogP contribution in [-0.4, -0.2) is 37.4 Å². The highest BCUT2D eigenvalue weighted by atomic mass is 16.5. The van der Waals surface area contributed by atoms with Gasteiger partial charge in [0.15, 0.2) is 0 Å². The predicted molar refractivity (Wildman–Crippen MR) is 56.9 cm³/mol. The highest BCUT2D eigenvalue weighted by Crippen LogP contribution is 2.12. The van der Waals surface area contributed by atoms with Gasteiger partial charge in [0.05, 0.1) is 12.3 Å². The van der Waals surface area contributed by atoms with Gasteiger partial charge in [-0.1, -0.05) is 0 Å². The molecular weight excluding hydrogens is 192 g/mol. The van der Waals surface area contributed by atoms with Crippen LogP contribution < -0.4 is 10.1 Å². The second-order valence-corrected chi connectivity index (χ2v) is 3.70. The van der Waals surface area contributed by atoms with Crippen LogP contribution in [0.25, 0.3) is 0 Å². The van der Waals surface area contributed by atoms with E-state index in [-0.39, 0.29) is 0 Å². The summed E-state index contributed by atoms with van der Waals surface area (Å²) < 4.78 is 10.9. The average Bonchev–Trinajstić information content (AvgIpc) is 2.76. The molecule has 0 amide bonds. The molecule has 2 heterocycles. The van der Waals surface area contributed by atoms with Crippen molar-refractivity contribution in [2.24, 2.45) is 0 Å². The first-order chi connectivity index (χ1) is 7.38. The molecule has 1 aliphatic heterocycles. The molecule has 1 aromatic heterocycles. The van der Waals surface area contributed by atoms with E-state index in [1.807, 2.05) is 12.1 Å². The van der Waals surface area contributed by atoms with Crippen LogP contribution in [0.4, 0.5) is 0 Å². The van der Waals surface area contributed by atoms with Crippen molar-refractivity contribution in [1.82, 2.24) is 10.3 Å². The van der Waals surface area contributed by atoms with Crippen molar-refractivity contribution in [3.05, 3.63) is 24.5 Å². The highest BCUT2D eigenvalue weighted by Gasteiger charge is 2.23. The van der Waals surface area contributed by atoms with E-state index in [4.69, 9.17) is 9.47 Å². The zero-order valence-corrected chi connectivity index (χ0v) is 8.85. The molecule has 0 aromatic carbocycles. The van der Waals surface area contributed by atoms with Crippen LogP contribution in [0.1, 0.15) is 6.42 Å². The van der Waals surface area contributed by atoms with Crippen LogP contribution in [0.2, 0.25) is 0 Å². The summed E-state index contributed by atoms with van der Waals surface area (Å²) in [6.07, 6.45) is 4.80. The number of aromatic nitrogens is 1. The summed E-state index contributed by atoms with van der Waals surface area (Å²) in [5.41, 5.74) is 0. The second-order valence-electron chi connectivity index (χ2n) is 3.70. The molecule has 0 spiro atoms. The summed E-state index contributed by atoms with van der Waals surface area (Å²) in [5, 5.41) is 3.36. The molecule has 15 heavy (non-hydrogen) atoms. The zero-order chi connectivity index (χ0) is 10.5. The summed E-state index contributed by atoms with van der Waals surface area (Å²) in [7, 11) is 1.75. The molecule has 2 rings (SSSR count). The van der Waals surface area contributed by atoms with Crippen molar-refractivity contribution in [2.75, 3.05) is 20.3 Å². The van der Waals surface area contributed by atoms with Gasteiger partial charge in [-0.05, 0) is 18.6 Å². The Morgan fingerprint density at radius 1 is 1.60 bits per heavy atom. The molecule has 1 saturated heterocycles. The van der Waals surface area contributed by atoms with Gasteiger partial charge in [-0.2, -0.15) is 0 Å². The van der Waals surface area contributed by atoms with Crippen molar-refractivity contribution < 1.29 is 9.47 Å². The van der Waals surface area contributed by atoms with Crippen LogP contribution in [0, 0.1) is 0 Å². The van der Waals surface area contributed by atoms with E-state index >= 15 is 0 Å². The monoisotopic (exact) mass is 208 g/mol. The minimum Gasteiger partial charge on any atom is -0.490 e. The Bertz CT molecular complexity index is 292. The zero-order valence-electron chi connectivity index (χ0n) is 8.85. The van der Waals surface area contributed by atoms with Gasteiger partial charge in [-0.15, -0.1) is 0 Å². The standard InChI is InChI=1S/C11H16N2O2/c1-14-11-5-9(13-7-11)8-15-10-3-2-4-12-6-10/h2-4,6,9,11,13H,5,7-8H2,1H3/t9?,11-/m0/s1. The molecule has 1 unspecified atom stereocenters. The van der Waals surface area contributed by atoms with E-state index in [2.05, 4.69) is 10.3 Å². The maximum Gasteiger partial charge on any atom is 0.137 e. The van der Waals surface area contributed by atoms with Gasteiger partial charge in [-0.3, -0.25) is 4.98 Å². The van der Waals surface area contributed by atoms with Crippen molar-refractivity contribution in [1.29, 1.82) is 0 Å². The summed E-state index contributed by atoms with van der Waals surface area (Å²) in [4.78, 5) is 3.99. The van der Waals surface area contributed by atoms with Gasteiger partial charge in [0, 0.05) is 25.9 Å². The first kappa shape index (κ1) is 10.4. The Kier molecular flexibility index (Phi) is 3.53. The van der Waals surface area contributed by atoms with Crippen molar-refractivity contribution >= 4 is 0 Å². The average molecular weight is 208 g/mol. The van der Waals surface area contributed by atoms with E-state index in [9.17, 15) is 0 Å². The Balaban J connectivity index is 1.75. The van der Waals surface area contributed by atoms with Crippen molar-refractivity contribution in [3.63, 3.8) is 0 Å². The molecule has 0 radical (unpaired) electrons. The maximum absolute atomic E-state index is 5.60. The minimum atomic E-state index is 0.326. The molecule has 1 N–H and O–H groups in total. The fourth-order valence-corrected chi connectivity index (χ4v) is 1.72. The fraction of sp³-hybridized carbons (Fsp3) is 0.545. The first-order valence-corrected chi connectivity index (χ1v) is 5.17. The fourth-order valence-electron chi connectivity index (χ4n) is 1.72. The number of hydrogen-bond acceptors (Lipinski definition) is 4. The number of nitrogens with zero attached hydrogens (tertiary/aromatic N) is 1. The number of pyridine rings is 1. The molecule has 4 heteroatoms. The Hall–Kier alpha value is -1.13.